The number of hydrogen-bond donors (Lipinski definition) is 1. The normalized spacial score (nSPS) is 19.3. The lowest BCUT2D eigenvalue weighted by molar-refractivity contribution is -0.122. The summed E-state index contributed by atoms with van der Waals surface area (Å²) in [6.07, 6.45) is 8.28. The van der Waals surface area contributed by atoms with Gasteiger partial charge < -0.3 is 10.1 Å². The van der Waals surface area contributed by atoms with Gasteiger partial charge in [-0.15, -0.1) is 0 Å². The van der Waals surface area contributed by atoms with Crippen LogP contribution in [0.2, 0.25) is 10.0 Å². The number of benzene rings is 1. The highest BCUT2D eigenvalue weighted by molar-refractivity contribution is 6.36. The van der Waals surface area contributed by atoms with Gasteiger partial charge in [0, 0.05) is 36.5 Å². The summed E-state index contributed by atoms with van der Waals surface area (Å²) >= 11 is 12.4. The molecule has 36 heavy (non-hydrogen) atoms. The number of piperidine rings is 1. The SMILES string of the molecule is CNC(=O)CN1CCC(C2=CC(Cc3cnc(C)c(OC(C)c4c(Cl)ccc(F)c4Cl)c3)N=C2)CC1. The van der Waals surface area contributed by atoms with E-state index in [-0.39, 0.29) is 17.0 Å². The summed E-state index contributed by atoms with van der Waals surface area (Å²) in [4.78, 5) is 23.0. The number of nitrogens with zero attached hydrogens (tertiary/aromatic N) is 3. The minimum absolute atomic E-state index is 0.0332. The lowest BCUT2D eigenvalue weighted by Crippen LogP contribution is -2.40. The molecule has 3 heterocycles. The van der Waals surface area contributed by atoms with Crippen LogP contribution in [-0.2, 0) is 11.2 Å². The van der Waals surface area contributed by atoms with Gasteiger partial charge in [0.25, 0.3) is 0 Å². The van der Waals surface area contributed by atoms with E-state index in [4.69, 9.17) is 32.9 Å². The summed E-state index contributed by atoms with van der Waals surface area (Å²) in [7, 11) is 1.67. The summed E-state index contributed by atoms with van der Waals surface area (Å²) in [6.45, 7) is 5.93. The number of carbonyl (C=O) groups is 1. The number of likely N-dealkylation sites (tertiary alicyclic amines) is 1. The number of nitrogens with one attached hydrogen (secondary N) is 1. The molecule has 0 spiro atoms. The van der Waals surface area contributed by atoms with E-state index >= 15 is 0 Å². The number of hydrogen-bond acceptors (Lipinski definition) is 5. The van der Waals surface area contributed by atoms with Gasteiger partial charge in [0.2, 0.25) is 5.91 Å². The largest absolute Gasteiger partial charge is 0.484 e. The molecule has 1 saturated heterocycles. The first kappa shape index (κ1) is 26.6. The van der Waals surface area contributed by atoms with Crippen molar-refractivity contribution in [1.82, 2.24) is 15.2 Å². The van der Waals surface area contributed by atoms with Gasteiger partial charge in [-0.3, -0.25) is 19.7 Å². The van der Waals surface area contributed by atoms with Crippen molar-refractivity contribution in [3.8, 4) is 5.75 Å². The summed E-state index contributed by atoms with van der Waals surface area (Å²) in [5.74, 6) is 0.595. The molecule has 1 amide bonds. The highest BCUT2D eigenvalue weighted by atomic mass is 35.5. The molecule has 0 bridgehead atoms. The molecule has 192 valence electrons. The van der Waals surface area contributed by atoms with E-state index in [0.717, 1.165) is 37.2 Å². The van der Waals surface area contributed by atoms with Crippen molar-refractivity contribution in [2.45, 2.75) is 45.3 Å². The fourth-order valence-electron chi connectivity index (χ4n) is 4.74. The van der Waals surface area contributed by atoms with E-state index in [2.05, 4.69) is 21.3 Å². The van der Waals surface area contributed by atoms with E-state index < -0.39 is 11.9 Å². The first-order valence-electron chi connectivity index (χ1n) is 12.2. The van der Waals surface area contributed by atoms with Crippen molar-refractivity contribution in [2.75, 3.05) is 26.7 Å². The smallest absolute Gasteiger partial charge is 0.233 e. The Hall–Kier alpha value is -2.48. The number of aryl methyl sites for hydroxylation is 1. The van der Waals surface area contributed by atoms with Crippen molar-refractivity contribution >= 4 is 35.3 Å². The van der Waals surface area contributed by atoms with Crippen molar-refractivity contribution in [3.63, 3.8) is 0 Å². The fraction of sp³-hybridized carbons (Fsp3) is 0.444. The molecule has 2 aliphatic rings. The molecule has 2 aromatic rings. The van der Waals surface area contributed by atoms with Crippen LogP contribution in [0.1, 0.15) is 42.7 Å². The van der Waals surface area contributed by atoms with Crippen LogP contribution >= 0.6 is 23.2 Å². The predicted octanol–water partition coefficient (Wildman–Crippen LogP) is 5.36. The number of likely N-dealkylation sites (N-methyl/N-ethyl adjacent to an activating group) is 1. The molecule has 1 aromatic heterocycles. The van der Waals surface area contributed by atoms with E-state index in [1.54, 1.807) is 14.0 Å². The molecule has 0 saturated carbocycles. The van der Waals surface area contributed by atoms with Crippen molar-refractivity contribution in [3.05, 3.63) is 68.7 Å². The summed E-state index contributed by atoms with van der Waals surface area (Å²) in [5, 5.41) is 3.01. The molecule has 0 radical (unpaired) electrons. The number of carbonyl (C=O) groups excluding carboxylic acids is 1. The zero-order valence-corrected chi connectivity index (χ0v) is 22.2. The zero-order chi connectivity index (χ0) is 25.8. The number of rotatable bonds is 8. The number of allylic oxidation sites excluding steroid dienone is 1. The van der Waals surface area contributed by atoms with Gasteiger partial charge >= 0.3 is 0 Å². The third-order valence-corrected chi connectivity index (χ3v) is 7.55. The Bertz CT molecular complexity index is 1180. The van der Waals surface area contributed by atoms with E-state index in [1.165, 1.54) is 17.7 Å². The number of halogens is 3. The maximum atomic E-state index is 14.0. The highest BCUT2D eigenvalue weighted by Gasteiger charge is 2.25. The fourth-order valence-corrected chi connectivity index (χ4v) is 5.42. The van der Waals surface area contributed by atoms with Gasteiger partial charge in [-0.1, -0.05) is 29.3 Å². The highest BCUT2D eigenvalue weighted by Crippen LogP contribution is 2.36. The molecule has 2 atom stereocenters. The topological polar surface area (TPSA) is 66.8 Å². The van der Waals surface area contributed by atoms with Crippen molar-refractivity contribution in [1.29, 1.82) is 0 Å². The molecule has 9 heteroatoms. The molecule has 4 rings (SSSR count). The molecule has 2 unspecified atom stereocenters. The number of aromatic nitrogens is 1. The zero-order valence-electron chi connectivity index (χ0n) is 20.7. The standard InChI is InChI=1S/C27H31Cl2FN4O2/c1-16-24(36-17(2)26-22(28)4-5-23(30)27(26)29)11-18(13-32-16)10-21-12-20(14-33-21)19-6-8-34(9-7-19)15-25(35)31-3/h4-5,11-14,17,19,21H,6-10,15H2,1-3H3,(H,31,35). The second-order valence-corrected chi connectivity index (χ2v) is 10.2. The van der Waals surface area contributed by atoms with Crippen molar-refractivity contribution in [2.24, 2.45) is 10.9 Å². The monoisotopic (exact) mass is 532 g/mol. The van der Waals surface area contributed by atoms with E-state index in [0.29, 0.717) is 35.2 Å². The molecule has 1 fully saturated rings. The Balaban J connectivity index is 1.38. The number of amides is 1. The maximum absolute atomic E-state index is 14.0. The first-order chi connectivity index (χ1) is 17.2. The van der Waals surface area contributed by atoms with E-state index in [9.17, 15) is 9.18 Å². The summed E-state index contributed by atoms with van der Waals surface area (Å²) in [6, 6.07) is 4.73. The Morgan fingerprint density at radius 3 is 2.78 bits per heavy atom. The first-order valence-corrected chi connectivity index (χ1v) is 12.9. The van der Waals surface area contributed by atoms with Crippen LogP contribution in [0.3, 0.4) is 0 Å². The second-order valence-electron chi connectivity index (χ2n) is 9.38. The van der Waals surface area contributed by atoms with Crippen LogP contribution in [0.15, 0.2) is 41.0 Å². The average molecular weight is 533 g/mol. The Morgan fingerprint density at radius 1 is 1.31 bits per heavy atom. The lowest BCUT2D eigenvalue weighted by atomic mass is 9.89. The lowest BCUT2D eigenvalue weighted by Gasteiger charge is -2.31. The van der Waals surface area contributed by atoms with Gasteiger partial charge in [0.1, 0.15) is 17.7 Å². The van der Waals surface area contributed by atoms with Gasteiger partial charge in [0.05, 0.1) is 23.3 Å². The van der Waals surface area contributed by atoms with Crippen LogP contribution in [0.4, 0.5) is 4.39 Å². The Labute approximate surface area is 221 Å². The van der Waals surface area contributed by atoms with Crippen molar-refractivity contribution < 1.29 is 13.9 Å². The molecule has 1 aromatic carbocycles. The maximum Gasteiger partial charge on any atom is 0.233 e. The average Bonchev–Trinajstić information content (AvgIpc) is 3.32. The predicted molar refractivity (Wildman–Crippen MR) is 142 cm³/mol. The van der Waals surface area contributed by atoms with Crippen LogP contribution < -0.4 is 10.1 Å². The third kappa shape index (κ3) is 6.25. The van der Waals surface area contributed by atoms with Crippen LogP contribution in [0.25, 0.3) is 0 Å². The quantitative estimate of drug-likeness (QED) is 0.465. The molecular weight excluding hydrogens is 502 g/mol. The van der Waals surface area contributed by atoms with Gasteiger partial charge in [-0.25, -0.2) is 4.39 Å². The Morgan fingerprint density at radius 2 is 2.06 bits per heavy atom. The van der Waals surface area contributed by atoms with Gasteiger partial charge in [-0.2, -0.15) is 0 Å². The third-order valence-electron chi connectivity index (χ3n) is 6.84. The minimum Gasteiger partial charge on any atom is -0.484 e. The minimum atomic E-state index is -0.554. The molecule has 2 aliphatic heterocycles. The van der Waals surface area contributed by atoms with Gasteiger partial charge in [0.15, 0.2) is 0 Å². The summed E-state index contributed by atoms with van der Waals surface area (Å²) in [5.41, 5.74) is 3.42. The molecule has 1 N–H and O–H groups in total. The van der Waals surface area contributed by atoms with Crippen LogP contribution in [0, 0.1) is 18.7 Å². The number of aliphatic imine (C=N–C) groups is 1. The van der Waals surface area contributed by atoms with E-state index in [1.807, 2.05) is 25.4 Å². The Kier molecular flexibility index (Phi) is 8.65. The second kappa shape index (κ2) is 11.7. The molecule has 6 nitrogen and oxygen atoms in total. The van der Waals surface area contributed by atoms with Crippen LogP contribution in [-0.4, -0.2) is 54.7 Å². The summed E-state index contributed by atoms with van der Waals surface area (Å²) < 4.78 is 20.1. The molecular formula is C27H31Cl2FN4O2. The molecule has 0 aliphatic carbocycles. The number of pyridine rings is 1. The van der Waals surface area contributed by atoms with Gasteiger partial charge in [-0.05, 0) is 75.0 Å². The number of ether oxygens (including phenoxy) is 1. The van der Waals surface area contributed by atoms with Crippen LogP contribution in [0.5, 0.6) is 5.75 Å².